The molecule has 1 saturated heterocycles. The first-order valence-corrected chi connectivity index (χ1v) is 7.42. The molecule has 1 amide bonds. The minimum atomic E-state index is 0.0336. The van der Waals surface area contributed by atoms with E-state index in [4.69, 9.17) is 23.2 Å². The van der Waals surface area contributed by atoms with Crippen molar-refractivity contribution in [3.8, 4) is 0 Å². The molecule has 0 aromatic heterocycles. The smallest absolute Gasteiger partial charge is 0.246 e. The summed E-state index contributed by atoms with van der Waals surface area (Å²) in [6.45, 7) is 3.54. The van der Waals surface area contributed by atoms with Crippen LogP contribution in [0.25, 0.3) is 6.08 Å². The monoisotopic (exact) mass is 312 g/mol. The third-order valence-electron chi connectivity index (χ3n) is 3.40. The van der Waals surface area contributed by atoms with Crippen molar-refractivity contribution in [2.24, 2.45) is 0 Å². The van der Waals surface area contributed by atoms with Crippen molar-refractivity contribution in [2.45, 2.75) is 6.42 Å². The highest BCUT2D eigenvalue weighted by Gasteiger charge is 2.15. The molecule has 0 unspecified atom stereocenters. The molecule has 3 nitrogen and oxygen atoms in total. The quantitative estimate of drug-likeness (QED) is 0.783. The Kier molecular flexibility index (Phi) is 5.46. The van der Waals surface area contributed by atoms with Crippen molar-refractivity contribution in [1.82, 2.24) is 9.80 Å². The summed E-state index contributed by atoms with van der Waals surface area (Å²) in [6, 6.07) is 5.25. The molecule has 0 N–H and O–H groups in total. The van der Waals surface area contributed by atoms with E-state index in [1.807, 2.05) is 11.0 Å². The van der Waals surface area contributed by atoms with Crippen LogP contribution in [0.3, 0.4) is 0 Å². The third kappa shape index (κ3) is 4.23. The van der Waals surface area contributed by atoms with Crippen LogP contribution in [0, 0.1) is 0 Å². The summed E-state index contributed by atoms with van der Waals surface area (Å²) in [7, 11) is 2.08. The summed E-state index contributed by atoms with van der Waals surface area (Å²) >= 11 is 11.9. The first kappa shape index (κ1) is 15.4. The maximum absolute atomic E-state index is 12.2. The molecule has 0 spiro atoms. The van der Waals surface area contributed by atoms with Crippen molar-refractivity contribution in [2.75, 3.05) is 33.2 Å². The summed E-state index contributed by atoms with van der Waals surface area (Å²) < 4.78 is 0. The summed E-state index contributed by atoms with van der Waals surface area (Å²) in [5.41, 5.74) is 0.802. The van der Waals surface area contributed by atoms with E-state index < -0.39 is 0 Å². The van der Waals surface area contributed by atoms with Gasteiger partial charge in [-0.15, -0.1) is 0 Å². The number of hydrogen-bond acceptors (Lipinski definition) is 2. The molecule has 5 heteroatoms. The second-order valence-electron chi connectivity index (χ2n) is 4.98. The second kappa shape index (κ2) is 7.11. The van der Waals surface area contributed by atoms with Gasteiger partial charge < -0.3 is 9.80 Å². The lowest BCUT2D eigenvalue weighted by Crippen LogP contribution is -2.33. The number of halogens is 2. The molecular formula is C15H18Cl2N2O. The molecule has 1 heterocycles. The lowest BCUT2D eigenvalue weighted by atomic mass is 10.2. The van der Waals surface area contributed by atoms with Crippen LogP contribution < -0.4 is 0 Å². The molecule has 0 radical (unpaired) electrons. The van der Waals surface area contributed by atoms with E-state index in [1.165, 1.54) is 0 Å². The standard InChI is InChI=1S/C15H18Cl2N2O/c1-18-7-2-8-19(10-9-18)15(20)6-4-12-3-5-13(16)11-14(12)17/h3-6,11H,2,7-10H2,1H3/b6-4+. The Bertz CT molecular complexity index is 517. The first-order valence-electron chi connectivity index (χ1n) is 6.67. The summed E-state index contributed by atoms with van der Waals surface area (Å²) in [5, 5.41) is 1.14. The van der Waals surface area contributed by atoms with Crippen molar-refractivity contribution < 1.29 is 4.79 Å². The Labute approximate surface area is 129 Å². The maximum Gasteiger partial charge on any atom is 0.246 e. The highest BCUT2D eigenvalue weighted by molar-refractivity contribution is 6.35. The van der Waals surface area contributed by atoms with E-state index in [9.17, 15) is 4.79 Å². The molecule has 108 valence electrons. The van der Waals surface area contributed by atoms with Gasteiger partial charge in [-0.05, 0) is 43.8 Å². The number of rotatable bonds is 2. The molecule has 0 saturated carbocycles. The van der Waals surface area contributed by atoms with Gasteiger partial charge in [-0.25, -0.2) is 0 Å². The van der Waals surface area contributed by atoms with E-state index in [1.54, 1.807) is 24.3 Å². The van der Waals surface area contributed by atoms with E-state index in [0.29, 0.717) is 10.0 Å². The Morgan fingerprint density at radius 1 is 1.20 bits per heavy atom. The summed E-state index contributed by atoms with van der Waals surface area (Å²) in [5.74, 6) is 0.0336. The number of likely N-dealkylation sites (N-methyl/N-ethyl adjacent to an activating group) is 1. The highest BCUT2D eigenvalue weighted by atomic mass is 35.5. The third-order valence-corrected chi connectivity index (χ3v) is 3.96. The summed E-state index contributed by atoms with van der Waals surface area (Å²) in [6.07, 6.45) is 4.34. The Morgan fingerprint density at radius 3 is 2.75 bits per heavy atom. The molecule has 1 aromatic carbocycles. The van der Waals surface area contributed by atoms with Gasteiger partial charge in [0, 0.05) is 35.8 Å². The fourth-order valence-electron chi connectivity index (χ4n) is 2.17. The molecule has 0 aliphatic carbocycles. The minimum Gasteiger partial charge on any atom is -0.338 e. The van der Waals surface area contributed by atoms with Gasteiger partial charge in [-0.2, -0.15) is 0 Å². The SMILES string of the molecule is CN1CCCN(C(=O)/C=C/c2ccc(Cl)cc2Cl)CC1. The summed E-state index contributed by atoms with van der Waals surface area (Å²) in [4.78, 5) is 16.3. The van der Waals surface area contributed by atoms with Crippen LogP contribution in [0.5, 0.6) is 0 Å². The number of benzene rings is 1. The Hall–Kier alpha value is -1.03. The van der Waals surface area contributed by atoms with Crippen LogP contribution in [-0.2, 0) is 4.79 Å². The topological polar surface area (TPSA) is 23.6 Å². The van der Waals surface area contributed by atoms with Crippen LogP contribution in [-0.4, -0.2) is 48.9 Å². The van der Waals surface area contributed by atoms with Gasteiger partial charge in [0.25, 0.3) is 0 Å². The number of carbonyl (C=O) groups is 1. The fraction of sp³-hybridized carbons (Fsp3) is 0.400. The van der Waals surface area contributed by atoms with Gasteiger partial charge in [-0.1, -0.05) is 29.3 Å². The van der Waals surface area contributed by atoms with Gasteiger partial charge in [0.1, 0.15) is 0 Å². The predicted molar refractivity (Wildman–Crippen MR) is 84.2 cm³/mol. The van der Waals surface area contributed by atoms with E-state index in [2.05, 4.69) is 11.9 Å². The number of carbonyl (C=O) groups excluding carboxylic acids is 1. The van der Waals surface area contributed by atoms with Gasteiger partial charge in [0.2, 0.25) is 5.91 Å². The van der Waals surface area contributed by atoms with Crippen molar-refractivity contribution in [1.29, 1.82) is 0 Å². The lowest BCUT2D eigenvalue weighted by Gasteiger charge is -2.18. The molecule has 1 aromatic rings. The molecule has 1 aliphatic rings. The molecule has 0 atom stereocenters. The average molecular weight is 313 g/mol. The normalized spacial score (nSPS) is 17.4. The van der Waals surface area contributed by atoms with Crippen LogP contribution in [0.4, 0.5) is 0 Å². The van der Waals surface area contributed by atoms with E-state index in [0.717, 1.165) is 38.2 Å². The predicted octanol–water partition coefficient (Wildman–Crippen LogP) is 3.17. The van der Waals surface area contributed by atoms with Crippen LogP contribution in [0.2, 0.25) is 10.0 Å². The molecule has 1 fully saturated rings. The Morgan fingerprint density at radius 2 is 2.00 bits per heavy atom. The van der Waals surface area contributed by atoms with Crippen molar-refractivity contribution in [3.63, 3.8) is 0 Å². The number of hydrogen-bond donors (Lipinski definition) is 0. The van der Waals surface area contributed by atoms with Gasteiger partial charge in [0.15, 0.2) is 0 Å². The Balaban J connectivity index is 2.01. The number of amides is 1. The molecule has 1 aliphatic heterocycles. The van der Waals surface area contributed by atoms with Crippen molar-refractivity contribution >= 4 is 35.2 Å². The zero-order chi connectivity index (χ0) is 14.5. The minimum absolute atomic E-state index is 0.0336. The van der Waals surface area contributed by atoms with Gasteiger partial charge in [0.05, 0.1) is 0 Å². The van der Waals surface area contributed by atoms with Crippen LogP contribution >= 0.6 is 23.2 Å². The largest absolute Gasteiger partial charge is 0.338 e. The molecule has 2 rings (SSSR count). The van der Waals surface area contributed by atoms with Crippen molar-refractivity contribution in [3.05, 3.63) is 39.9 Å². The second-order valence-corrected chi connectivity index (χ2v) is 5.82. The first-order chi connectivity index (χ1) is 9.56. The van der Waals surface area contributed by atoms with Gasteiger partial charge in [-0.3, -0.25) is 4.79 Å². The molecule has 0 bridgehead atoms. The van der Waals surface area contributed by atoms with Crippen LogP contribution in [0.15, 0.2) is 24.3 Å². The zero-order valence-corrected chi connectivity index (χ0v) is 13.0. The average Bonchev–Trinajstić information content (AvgIpc) is 2.62. The zero-order valence-electron chi connectivity index (χ0n) is 11.5. The maximum atomic E-state index is 12.2. The van der Waals surface area contributed by atoms with Crippen LogP contribution in [0.1, 0.15) is 12.0 Å². The lowest BCUT2D eigenvalue weighted by molar-refractivity contribution is -0.125. The highest BCUT2D eigenvalue weighted by Crippen LogP contribution is 2.22. The van der Waals surface area contributed by atoms with E-state index in [-0.39, 0.29) is 5.91 Å². The van der Waals surface area contributed by atoms with E-state index >= 15 is 0 Å². The molecular weight excluding hydrogens is 295 g/mol. The van der Waals surface area contributed by atoms with Gasteiger partial charge >= 0.3 is 0 Å². The number of nitrogens with zero attached hydrogens (tertiary/aromatic N) is 2. The molecule has 20 heavy (non-hydrogen) atoms. The fourth-order valence-corrected chi connectivity index (χ4v) is 2.64.